The molecule has 0 unspecified atom stereocenters. The van der Waals surface area contributed by atoms with E-state index in [9.17, 15) is 5.11 Å². The number of aromatic nitrogens is 3. The van der Waals surface area contributed by atoms with Gasteiger partial charge in [0.15, 0.2) is 0 Å². The highest BCUT2D eigenvalue weighted by molar-refractivity contribution is 5.69. The summed E-state index contributed by atoms with van der Waals surface area (Å²) in [6.07, 6.45) is 1.96. The summed E-state index contributed by atoms with van der Waals surface area (Å²) < 4.78 is 7.78. The first-order valence-electron chi connectivity index (χ1n) is 9.32. The van der Waals surface area contributed by atoms with Gasteiger partial charge in [-0.3, -0.25) is 4.90 Å². The van der Waals surface area contributed by atoms with Crippen molar-refractivity contribution >= 4 is 5.52 Å². The van der Waals surface area contributed by atoms with Crippen LogP contribution in [-0.2, 0) is 6.61 Å². The van der Waals surface area contributed by atoms with Gasteiger partial charge in [-0.25, -0.2) is 0 Å². The summed E-state index contributed by atoms with van der Waals surface area (Å²) in [5.74, 6) is 0.527. The molecule has 0 aliphatic carbocycles. The predicted molar refractivity (Wildman–Crippen MR) is 104 cm³/mol. The monoisotopic (exact) mass is 367 g/mol. The molecule has 1 saturated heterocycles. The van der Waals surface area contributed by atoms with Crippen LogP contribution < -0.4 is 4.74 Å². The average molecular weight is 367 g/mol. The number of nitrogens with zero attached hydrogens (tertiary/aromatic N) is 5. The molecule has 0 atom stereocenters. The van der Waals surface area contributed by atoms with Crippen LogP contribution in [0.5, 0.6) is 5.88 Å². The summed E-state index contributed by atoms with van der Waals surface area (Å²) in [7, 11) is 2.15. The van der Waals surface area contributed by atoms with Crippen molar-refractivity contribution < 1.29 is 9.84 Å². The second-order valence-electron chi connectivity index (χ2n) is 6.92. The Morgan fingerprint density at radius 3 is 2.67 bits per heavy atom. The summed E-state index contributed by atoms with van der Waals surface area (Å²) in [5.41, 5.74) is 3.44. The van der Waals surface area contributed by atoms with E-state index in [2.05, 4.69) is 27.0 Å². The number of likely N-dealkylation sites (N-methyl/N-ethyl adjacent to an activating group) is 1. The fraction of sp³-hybridized carbons (Fsp3) is 0.400. The highest BCUT2D eigenvalue weighted by Gasteiger charge is 2.15. The van der Waals surface area contributed by atoms with E-state index in [1.807, 2.05) is 47.0 Å². The molecule has 1 aliphatic rings. The molecule has 0 spiro atoms. The van der Waals surface area contributed by atoms with Crippen LogP contribution in [0, 0.1) is 0 Å². The molecular weight excluding hydrogens is 342 g/mol. The smallest absolute Gasteiger partial charge is 0.233 e. The molecule has 27 heavy (non-hydrogen) atoms. The first kappa shape index (κ1) is 17.9. The first-order valence-corrected chi connectivity index (χ1v) is 9.32. The molecule has 1 aliphatic heterocycles. The molecule has 0 amide bonds. The second kappa shape index (κ2) is 8.04. The molecule has 0 bridgehead atoms. The molecule has 142 valence electrons. The van der Waals surface area contributed by atoms with E-state index in [1.54, 1.807) is 0 Å². The lowest BCUT2D eigenvalue weighted by atomic mass is 10.2. The number of ether oxygens (including phenoxy) is 1. The van der Waals surface area contributed by atoms with Gasteiger partial charge in [-0.2, -0.15) is 0 Å². The Balaban J connectivity index is 1.42. The third-order valence-electron chi connectivity index (χ3n) is 5.06. The number of hydrogen-bond acceptors (Lipinski definition) is 6. The van der Waals surface area contributed by atoms with Gasteiger partial charge in [-0.05, 0) is 31.3 Å². The number of aliphatic hydroxyl groups is 1. The molecule has 3 aromatic heterocycles. The Morgan fingerprint density at radius 2 is 1.93 bits per heavy atom. The predicted octanol–water partition coefficient (Wildman–Crippen LogP) is 1.51. The summed E-state index contributed by atoms with van der Waals surface area (Å²) in [4.78, 5) is 4.75. The summed E-state index contributed by atoms with van der Waals surface area (Å²) >= 11 is 0. The average Bonchev–Trinajstić information content (AvgIpc) is 3.09. The van der Waals surface area contributed by atoms with Crippen LogP contribution in [0.4, 0.5) is 0 Å². The SMILES string of the molecule is CN1CCN(CCOc2ccc(-c3c(CO)cc4ccccn34)nn2)CC1. The van der Waals surface area contributed by atoms with E-state index in [1.165, 1.54) is 0 Å². The van der Waals surface area contributed by atoms with Gasteiger partial charge in [0.2, 0.25) is 5.88 Å². The van der Waals surface area contributed by atoms with E-state index in [-0.39, 0.29) is 6.61 Å². The minimum Gasteiger partial charge on any atom is -0.475 e. The van der Waals surface area contributed by atoms with Crippen LogP contribution >= 0.6 is 0 Å². The molecule has 7 heteroatoms. The van der Waals surface area contributed by atoms with Crippen molar-refractivity contribution in [3.8, 4) is 17.3 Å². The van der Waals surface area contributed by atoms with E-state index in [0.717, 1.165) is 55.2 Å². The van der Waals surface area contributed by atoms with Gasteiger partial charge in [0.25, 0.3) is 0 Å². The Bertz CT molecular complexity index is 885. The van der Waals surface area contributed by atoms with Crippen LogP contribution in [0.15, 0.2) is 42.6 Å². The van der Waals surface area contributed by atoms with E-state index < -0.39 is 0 Å². The maximum absolute atomic E-state index is 9.70. The van der Waals surface area contributed by atoms with Gasteiger partial charge >= 0.3 is 0 Å². The Hall–Kier alpha value is -2.48. The molecule has 1 fully saturated rings. The van der Waals surface area contributed by atoms with Crippen molar-refractivity contribution in [1.29, 1.82) is 0 Å². The maximum atomic E-state index is 9.70. The molecule has 0 radical (unpaired) electrons. The standard InChI is InChI=1S/C20H25N5O2/c1-23-8-10-24(11-9-23)12-13-27-19-6-5-18(21-22-19)20-16(15-26)14-17-4-2-3-7-25(17)20/h2-7,14,26H,8-13,15H2,1H3. The van der Waals surface area contributed by atoms with Crippen molar-refractivity contribution in [2.75, 3.05) is 46.4 Å². The number of hydrogen-bond donors (Lipinski definition) is 1. The molecular formula is C20H25N5O2. The molecule has 0 aromatic carbocycles. The molecule has 0 saturated carbocycles. The number of rotatable bonds is 6. The molecule has 3 aromatic rings. The summed E-state index contributed by atoms with van der Waals surface area (Å²) in [5, 5.41) is 18.2. The molecule has 4 heterocycles. The summed E-state index contributed by atoms with van der Waals surface area (Å²) in [6, 6.07) is 11.6. The van der Waals surface area contributed by atoms with Gasteiger partial charge in [0.1, 0.15) is 12.3 Å². The van der Waals surface area contributed by atoms with Gasteiger partial charge in [-0.15, -0.1) is 10.2 Å². The zero-order valence-electron chi connectivity index (χ0n) is 15.6. The molecule has 7 nitrogen and oxygen atoms in total. The van der Waals surface area contributed by atoms with Crippen LogP contribution in [0.3, 0.4) is 0 Å². The first-order chi connectivity index (χ1) is 13.2. The van der Waals surface area contributed by atoms with Crippen molar-refractivity contribution in [1.82, 2.24) is 24.4 Å². The molecule has 4 rings (SSSR count). The van der Waals surface area contributed by atoms with Crippen molar-refractivity contribution in [2.24, 2.45) is 0 Å². The minimum absolute atomic E-state index is 0.0397. The van der Waals surface area contributed by atoms with Crippen molar-refractivity contribution in [3.63, 3.8) is 0 Å². The fourth-order valence-electron chi connectivity index (χ4n) is 3.46. The van der Waals surface area contributed by atoms with Crippen LogP contribution in [0.1, 0.15) is 5.56 Å². The Labute approximate surface area is 158 Å². The zero-order valence-corrected chi connectivity index (χ0v) is 15.6. The quantitative estimate of drug-likeness (QED) is 0.713. The maximum Gasteiger partial charge on any atom is 0.233 e. The Kier molecular flexibility index (Phi) is 5.33. The fourth-order valence-corrected chi connectivity index (χ4v) is 3.46. The van der Waals surface area contributed by atoms with Crippen molar-refractivity contribution in [2.45, 2.75) is 6.61 Å². The van der Waals surface area contributed by atoms with E-state index >= 15 is 0 Å². The van der Waals surface area contributed by atoms with Crippen molar-refractivity contribution in [3.05, 3.63) is 48.2 Å². The lowest BCUT2D eigenvalue weighted by Crippen LogP contribution is -2.45. The third kappa shape index (κ3) is 3.95. The normalized spacial score (nSPS) is 16.1. The highest BCUT2D eigenvalue weighted by atomic mass is 16.5. The minimum atomic E-state index is -0.0397. The van der Waals surface area contributed by atoms with Gasteiger partial charge in [0, 0.05) is 56.1 Å². The van der Waals surface area contributed by atoms with E-state index in [0.29, 0.717) is 12.5 Å². The topological polar surface area (TPSA) is 66.1 Å². The Morgan fingerprint density at radius 1 is 1.07 bits per heavy atom. The lowest BCUT2D eigenvalue weighted by Gasteiger charge is -2.32. The number of pyridine rings is 1. The third-order valence-corrected chi connectivity index (χ3v) is 5.06. The van der Waals surface area contributed by atoms with E-state index in [4.69, 9.17) is 4.74 Å². The number of piperazine rings is 1. The second-order valence-corrected chi connectivity index (χ2v) is 6.92. The number of fused-ring (bicyclic) bond motifs is 1. The number of aliphatic hydroxyl groups excluding tert-OH is 1. The lowest BCUT2D eigenvalue weighted by molar-refractivity contribution is 0.132. The van der Waals surface area contributed by atoms with Crippen LogP contribution in [0.2, 0.25) is 0 Å². The van der Waals surface area contributed by atoms with Crippen LogP contribution in [-0.4, -0.2) is 75.9 Å². The largest absolute Gasteiger partial charge is 0.475 e. The van der Waals surface area contributed by atoms with Gasteiger partial charge in [-0.1, -0.05) is 6.07 Å². The summed E-state index contributed by atoms with van der Waals surface area (Å²) in [6.45, 7) is 5.83. The van der Waals surface area contributed by atoms with Crippen LogP contribution in [0.25, 0.3) is 16.9 Å². The highest BCUT2D eigenvalue weighted by Crippen LogP contribution is 2.26. The van der Waals surface area contributed by atoms with Gasteiger partial charge in [0.05, 0.1) is 12.3 Å². The van der Waals surface area contributed by atoms with Gasteiger partial charge < -0.3 is 19.1 Å². The zero-order chi connectivity index (χ0) is 18.6. The molecule has 1 N–H and O–H groups in total.